The number of methoxy groups -OCH3 is 1. The number of thiazole rings is 1. The Morgan fingerprint density at radius 3 is 2.72 bits per heavy atom. The van der Waals surface area contributed by atoms with Crippen molar-refractivity contribution in [2.24, 2.45) is 5.92 Å². The third kappa shape index (κ3) is 6.03. The van der Waals surface area contributed by atoms with Crippen LogP contribution in [0.15, 0.2) is 24.3 Å². The van der Waals surface area contributed by atoms with Gasteiger partial charge >= 0.3 is 6.18 Å². The van der Waals surface area contributed by atoms with Crippen molar-refractivity contribution in [3.63, 3.8) is 0 Å². The van der Waals surface area contributed by atoms with E-state index < -0.39 is 24.6 Å². The fourth-order valence-corrected chi connectivity index (χ4v) is 5.34. The predicted molar refractivity (Wildman–Crippen MR) is 132 cm³/mol. The summed E-state index contributed by atoms with van der Waals surface area (Å²) < 4.78 is 44.4. The standard InChI is InChI=1S/C23H29F3N6O3S/c1-13-17(20-30-15-5-3-4-6-16(15)36-20)19(31-21(29-13)28-12-23(24,25)26)32-22(34)8-7-14(18(22)33)11-27-9-10-35-2/h3-6,14,18,27,33-34H,7-12H2,1-2H3,(H2,28,29,31,32). The van der Waals surface area contributed by atoms with Crippen molar-refractivity contribution in [3.05, 3.63) is 30.0 Å². The molecule has 36 heavy (non-hydrogen) atoms. The molecule has 3 atom stereocenters. The van der Waals surface area contributed by atoms with Gasteiger partial charge in [0.15, 0.2) is 5.72 Å². The fraction of sp³-hybridized carbons (Fsp3) is 0.522. The molecule has 1 saturated carbocycles. The van der Waals surface area contributed by atoms with Gasteiger partial charge in [-0.2, -0.15) is 18.2 Å². The van der Waals surface area contributed by atoms with Crippen LogP contribution in [0.5, 0.6) is 0 Å². The fourth-order valence-electron chi connectivity index (χ4n) is 4.27. The van der Waals surface area contributed by atoms with Gasteiger partial charge in [0, 0.05) is 26.1 Å². The smallest absolute Gasteiger partial charge is 0.388 e. The van der Waals surface area contributed by atoms with Gasteiger partial charge in [-0.15, -0.1) is 11.3 Å². The summed E-state index contributed by atoms with van der Waals surface area (Å²) in [5.74, 6) is -0.386. The van der Waals surface area contributed by atoms with Gasteiger partial charge in [-0.1, -0.05) is 12.1 Å². The summed E-state index contributed by atoms with van der Waals surface area (Å²) in [7, 11) is 1.60. The number of nitrogens with zero attached hydrogens (tertiary/aromatic N) is 3. The van der Waals surface area contributed by atoms with Crippen molar-refractivity contribution >= 4 is 33.3 Å². The van der Waals surface area contributed by atoms with Crippen molar-refractivity contribution in [2.45, 2.75) is 37.8 Å². The summed E-state index contributed by atoms with van der Waals surface area (Å²) >= 11 is 1.38. The quantitative estimate of drug-likeness (QED) is 0.200. The van der Waals surface area contributed by atoms with E-state index in [0.717, 1.165) is 10.2 Å². The summed E-state index contributed by atoms with van der Waals surface area (Å²) in [6.45, 7) is 1.93. The number of para-hydroxylation sites is 1. The zero-order valence-corrected chi connectivity index (χ0v) is 20.7. The average molecular weight is 527 g/mol. The summed E-state index contributed by atoms with van der Waals surface area (Å²) in [4.78, 5) is 13.1. The number of alkyl halides is 3. The first-order valence-corrected chi connectivity index (χ1v) is 12.3. The molecule has 0 spiro atoms. The maximum absolute atomic E-state index is 12.8. The van der Waals surface area contributed by atoms with E-state index >= 15 is 0 Å². The van der Waals surface area contributed by atoms with Gasteiger partial charge in [-0.25, -0.2) is 9.97 Å². The van der Waals surface area contributed by atoms with E-state index in [1.54, 1.807) is 14.0 Å². The largest absolute Gasteiger partial charge is 0.405 e. The van der Waals surface area contributed by atoms with Crippen molar-refractivity contribution in [1.82, 2.24) is 20.3 Å². The molecule has 2 heterocycles. The molecule has 1 aromatic carbocycles. The lowest BCUT2D eigenvalue weighted by Gasteiger charge is -2.31. The lowest BCUT2D eigenvalue weighted by atomic mass is 10.0. The van der Waals surface area contributed by atoms with E-state index in [1.165, 1.54) is 11.3 Å². The van der Waals surface area contributed by atoms with Gasteiger partial charge in [-0.05, 0) is 31.9 Å². The van der Waals surface area contributed by atoms with E-state index in [-0.39, 0.29) is 24.1 Å². The second-order valence-electron chi connectivity index (χ2n) is 8.80. The Hall–Kier alpha value is -2.58. The summed E-state index contributed by atoms with van der Waals surface area (Å²) in [5.41, 5.74) is -0.147. The molecular formula is C23H29F3N6O3S. The van der Waals surface area contributed by atoms with Crippen LogP contribution in [0.2, 0.25) is 0 Å². The third-order valence-electron chi connectivity index (χ3n) is 6.10. The van der Waals surface area contributed by atoms with E-state index in [2.05, 4.69) is 30.9 Å². The van der Waals surface area contributed by atoms with E-state index in [9.17, 15) is 23.4 Å². The number of benzene rings is 1. The number of aliphatic hydroxyl groups excluding tert-OH is 1. The van der Waals surface area contributed by atoms with Crippen LogP contribution < -0.4 is 16.0 Å². The topological polar surface area (TPSA) is 124 Å². The van der Waals surface area contributed by atoms with Crippen LogP contribution in [0.25, 0.3) is 20.8 Å². The zero-order valence-electron chi connectivity index (χ0n) is 19.9. The number of hydrogen-bond acceptors (Lipinski definition) is 10. The number of hydrogen-bond donors (Lipinski definition) is 5. The highest BCUT2D eigenvalue weighted by molar-refractivity contribution is 7.21. The van der Waals surface area contributed by atoms with Crippen LogP contribution >= 0.6 is 11.3 Å². The van der Waals surface area contributed by atoms with Gasteiger partial charge in [0.1, 0.15) is 23.5 Å². The molecule has 13 heteroatoms. The number of ether oxygens (including phenoxy) is 1. The van der Waals surface area contributed by atoms with Crippen LogP contribution in [0.4, 0.5) is 24.9 Å². The molecule has 4 rings (SSSR count). The van der Waals surface area contributed by atoms with Crippen LogP contribution in [0.1, 0.15) is 18.5 Å². The normalized spacial score (nSPS) is 22.3. The number of rotatable bonds is 10. The highest BCUT2D eigenvalue weighted by Gasteiger charge is 2.47. The van der Waals surface area contributed by atoms with Crippen LogP contribution in [-0.4, -0.2) is 76.5 Å². The molecule has 1 aliphatic rings. The molecule has 1 aliphatic carbocycles. The molecular weight excluding hydrogens is 497 g/mol. The number of aliphatic hydroxyl groups is 2. The van der Waals surface area contributed by atoms with E-state index in [0.29, 0.717) is 42.4 Å². The van der Waals surface area contributed by atoms with Gasteiger partial charge in [0.25, 0.3) is 0 Å². The Morgan fingerprint density at radius 1 is 1.22 bits per heavy atom. The Bertz CT molecular complexity index is 1160. The van der Waals surface area contributed by atoms with Crippen LogP contribution in [0.3, 0.4) is 0 Å². The minimum atomic E-state index is -4.46. The monoisotopic (exact) mass is 526 g/mol. The number of aryl methyl sites for hydroxylation is 1. The lowest BCUT2D eigenvalue weighted by molar-refractivity contribution is -0.115. The summed E-state index contributed by atoms with van der Waals surface area (Å²) in [6, 6.07) is 7.51. The van der Waals surface area contributed by atoms with Crippen molar-refractivity contribution in [3.8, 4) is 10.6 Å². The number of anilines is 2. The molecule has 196 valence electrons. The molecule has 0 amide bonds. The van der Waals surface area contributed by atoms with Gasteiger partial charge in [0.05, 0.1) is 28.1 Å². The maximum atomic E-state index is 12.8. The Kier molecular flexibility index (Phi) is 7.95. The predicted octanol–water partition coefficient (Wildman–Crippen LogP) is 3.14. The molecule has 2 aromatic heterocycles. The molecule has 5 N–H and O–H groups in total. The SMILES string of the molecule is COCCNCC1CCC(O)(Nc2nc(NCC(F)(F)F)nc(C)c2-c2nc3ccccc3s2)C1O. The molecule has 0 aliphatic heterocycles. The van der Waals surface area contributed by atoms with Gasteiger partial charge in [-0.3, -0.25) is 0 Å². The first-order valence-electron chi connectivity index (χ1n) is 11.5. The first kappa shape index (κ1) is 26.5. The first-order chi connectivity index (χ1) is 17.1. The molecule has 3 aromatic rings. The zero-order chi connectivity index (χ0) is 25.9. The minimum absolute atomic E-state index is 0.0979. The summed E-state index contributed by atoms with van der Waals surface area (Å²) in [5, 5.41) is 31.2. The molecule has 9 nitrogen and oxygen atoms in total. The Morgan fingerprint density at radius 2 is 2.00 bits per heavy atom. The highest BCUT2D eigenvalue weighted by Crippen LogP contribution is 2.40. The second-order valence-corrected chi connectivity index (χ2v) is 9.83. The average Bonchev–Trinajstić information content (AvgIpc) is 3.36. The molecule has 3 unspecified atom stereocenters. The van der Waals surface area contributed by atoms with Crippen molar-refractivity contribution in [2.75, 3.05) is 44.0 Å². The second kappa shape index (κ2) is 10.8. The number of nitrogens with one attached hydrogen (secondary N) is 3. The maximum Gasteiger partial charge on any atom is 0.405 e. The van der Waals surface area contributed by atoms with Crippen molar-refractivity contribution in [1.29, 1.82) is 0 Å². The van der Waals surface area contributed by atoms with Crippen molar-refractivity contribution < 1.29 is 28.1 Å². The third-order valence-corrected chi connectivity index (χ3v) is 7.15. The van der Waals surface area contributed by atoms with Crippen LogP contribution in [0, 0.1) is 12.8 Å². The van der Waals surface area contributed by atoms with E-state index in [4.69, 9.17) is 4.74 Å². The Balaban J connectivity index is 1.66. The highest BCUT2D eigenvalue weighted by atomic mass is 32.1. The van der Waals surface area contributed by atoms with Gasteiger partial charge < -0.3 is 30.9 Å². The number of fused-ring (bicyclic) bond motifs is 1. The number of halogens is 3. The molecule has 0 bridgehead atoms. The minimum Gasteiger partial charge on any atom is -0.388 e. The number of aromatic nitrogens is 3. The lowest BCUT2D eigenvalue weighted by Crippen LogP contribution is -2.49. The molecule has 1 fully saturated rings. The molecule has 0 saturated heterocycles. The molecule has 0 radical (unpaired) electrons. The van der Waals surface area contributed by atoms with Gasteiger partial charge in [0.2, 0.25) is 5.95 Å². The van der Waals surface area contributed by atoms with Crippen LogP contribution in [-0.2, 0) is 4.74 Å². The van der Waals surface area contributed by atoms with E-state index in [1.807, 2.05) is 24.3 Å². The Labute approximate surface area is 210 Å². The summed E-state index contributed by atoms with van der Waals surface area (Å²) in [6.07, 6.45) is -4.85.